The molecule has 0 bridgehead atoms. The van der Waals surface area contributed by atoms with Crippen molar-refractivity contribution < 1.29 is 4.42 Å². The van der Waals surface area contributed by atoms with Crippen LogP contribution in [0.25, 0.3) is 10.7 Å². The van der Waals surface area contributed by atoms with Crippen LogP contribution in [0.1, 0.15) is 11.6 Å². The predicted octanol–water partition coefficient (Wildman–Crippen LogP) is 3.06. The standard InChI is InChI=1S/C14H12N6OS2/c1-3-10(21-5-1)7-20-9-15-19-14(20)23-8-12-16-13(18-17-12)11-4-2-6-22-11/h1-6,9H,7-8H2,(H,16,17,18). The van der Waals surface area contributed by atoms with Gasteiger partial charge in [-0.25, -0.2) is 4.98 Å². The number of thioether (sulfide) groups is 1. The third-order valence-electron chi connectivity index (χ3n) is 3.10. The van der Waals surface area contributed by atoms with Gasteiger partial charge < -0.3 is 8.98 Å². The van der Waals surface area contributed by atoms with E-state index >= 15 is 0 Å². The van der Waals surface area contributed by atoms with Gasteiger partial charge in [0.1, 0.15) is 17.9 Å². The summed E-state index contributed by atoms with van der Waals surface area (Å²) in [4.78, 5) is 5.56. The third kappa shape index (κ3) is 3.20. The van der Waals surface area contributed by atoms with Crippen molar-refractivity contribution in [2.75, 3.05) is 0 Å². The average molecular weight is 344 g/mol. The van der Waals surface area contributed by atoms with Crippen LogP contribution in [0.5, 0.6) is 0 Å². The molecule has 0 aliphatic heterocycles. The van der Waals surface area contributed by atoms with Crippen molar-refractivity contribution in [2.45, 2.75) is 17.5 Å². The number of nitrogens with one attached hydrogen (secondary N) is 1. The molecular weight excluding hydrogens is 332 g/mol. The molecule has 4 aromatic heterocycles. The van der Waals surface area contributed by atoms with E-state index in [0.29, 0.717) is 12.3 Å². The van der Waals surface area contributed by atoms with E-state index in [1.165, 1.54) is 0 Å². The van der Waals surface area contributed by atoms with Crippen LogP contribution in [0, 0.1) is 0 Å². The molecule has 0 fully saturated rings. The minimum Gasteiger partial charge on any atom is -0.467 e. The maximum absolute atomic E-state index is 5.36. The molecule has 0 radical (unpaired) electrons. The first-order valence-corrected chi connectivity index (χ1v) is 8.73. The zero-order valence-electron chi connectivity index (χ0n) is 11.9. The predicted molar refractivity (Wildman–Crippen MR) is 87.1 cm³/mol. The molecule has 7 nitrogen and oxygen atoms in total. The van der Waals surface area contributed by atoms with E-state index in [0.717, 1.165) is 27.4 Å². The highest BCUT2D eigenvalue weighted by Gasteiger charge is 2.11. The van der Waals surface area contributed by atoms with Gasteiger partial charge in [-0.15, -0.1) is 21.5 Å². The molecule has 1 N–H and O–H groups in total. The Labute approximate surface area is 139 Å². The molecule has 4 aromatic rings. The van der Waals surface area contributed by atoms with E-state index in [4.69, 9.17) is 4.42 Å². The van der Waals surface area contributed by atoms with Crippen LogP contribution < -0.4 is 0 Å². The Morgan fingerprint density at radius 2 is 2.30 bits per heavy atom. The highest BCUT2D eigenvalue weighted by molar-refractivity contribution is 7.98. The van der Waals surface area contributed by atoms with Gasteiger partial charge in [0.15, 0.2) is 11.0 Å². The van der Waals surface area contributed by atoms with E-state index in [-0.39, 0.29) is 0 Å². The van der Waals surface area contributed by atoms with Crippen LogP contribution in [0.3, 0.4) is 0 Å². The number of H-pyrrole nitrogens is 1. The summed E-state index contributed by atoms with van der Waals surface area (Å²) in [6, 6.07) is 7.79. The van der Waals surface area contributed by atoms with Gasteiger partial charge in [0.2, 0.25) is 0 Å². The van der Waals surface area contributed by atoms with Crippen LogP contribution in [-0.4, -0.2) is 29.9 Å². The van der Waals surface area contributed by atoms with Gasteiger partial charge in [-0.2, -0.15) is 5.10 Å². The van der Waals surface area contributed by atoms with Crippen molar-refractivity contribution in [1.82, 2.24) is 29.9 Å². The van der Waals surface area contributed by atoms with Gasteiger partial charge in [0, 0.05) is 0 Å². The summed E-state index contributed by atoms with van der Waals surface area (Å²) < 4.78 is 7.30. The van der Waals surface area contributed by atoms with Gasteiger partial charge in [-0.1, -0.05) is 17.8 Å². The second kappa shape index (κ2) is 6.39. The van der Waals surface area contributed by atoms with Crippen molar-refractivity contribution in [2.24, 2.45) is 0 Å². The Bertz CT molecular complexity index is 865. The van der Waals surface area contributed by atoms with Crippen LogP contribution >= 0.6 is 23.1 Å². The monoisotopic (exact) mass is 344 g/mol. The highest BCUT2D eigenvalue weighted by atomic mass is 32.2. The lowest BCUT2D eigenvalue weighted by Crippen LogP contribution is -1.99. The van der Waals surface area contributed by atoms with Crippen molar-refractivity contribution >= 4 is 23.1 Å². The van der Waals surface area contributed by atoms with Crippen LogP contribution in [-0.2, 0) is 12.3 Å². The lowest BCUT2D eigenvalue weighted by atomic mass is 10.4. The van der Waals surface area contributed by atoms with E-state index in [1.807, 2.05) is 34.2 Å². The Kier molecular flexibility index (Phi) is 3.95. The van der Waals surface area contributed by atoms with Crippen molar-refractivity contribution in [3.8, 4) is 10.7 Å². The third-order valence-corrected chi connectivity index (χ3v) is 4.96. The fraction of sp³-hybridized carbons (Fsp3) is 0.143. The minimum atomic E-state index is 0.610. The molecule has 0 aliphatic carbocycles. The normalized spacial score (nSPS) is 11.1. The lowest BCUT2D eigenvalue weighted by molar-refractivity contribution is 0.484. The molecule has 23 heavy (non-hydrogen) atoms. The van der Waals surface area contributed by atoms with Gasteiger partial charge in [-0.05, 0) is 23.6 Å². The second-order valence-electron chi connectivity index (χ2n) is 4.69. The number of hydrogen-bond acceptors (Lipinski definition) is 7. The SMILES string of the molecule is c1coc(Cn2cnnc2SCc2nc(-c3cccs3)n[nH]2)c1. The van der Waals surface area contributed by atoms with Crippen LogP contribution in [0.15, 0.2) is 51.8 Å². The summed E-state index contributed by atoms with van der Waals surface area (Å²) in [5.74, 6) is 3.06. The quantitative estimate of drug-likeness (QED) is 0.541. The molecule has 0 aromatic carbocycles. The van der Waals surface area contributed by atoms with Crippen LogP contribution in [0.4, 0.5) is 0 Å². The molecule has 0 saturated carbocycles. The fourth-order valence-corrected chi connectivity index (χ4v) is 3.48. The van der Waals surface area contributed by atoms with Crippen molar-refractivity contribution in [1.29, 1.82) is 0 Å². The maximum Gasteiger partial charge on any atom is 0.191 e. The zero-order chi connectivity index (χ0) is 15.5. The van der Waals surface area contributed by atoms with E-state index in [9.17, 15) is 0 Å². The van der Waals surface area contributed by atoms with Gasteiger partial charge in [0.25, 0.3) is 0 Å². The molecule has 0 saturated heterocycles. The average Bonchev–Trinajstić information content (AvgIpc) is 3.34. The van der Waals surface area contributed by atoms with E-state index in [1.54, 1.807) is 35.7 Å². The lowest BCUT2D eigenvalue weighted by Gasteiger charge is -2.02. The molecule has 0 unspecified atom stereocenters. The Morgan fingerprint density at radius 1 is 1.30 bits per heavy atom. The first-order valence-electron chi connectivity index (χ1n) is 6.86. The number of nitrogens with zero attached hydrogens (tertiary/aromatic N) is 5. The topological polar surface area (TPSA) is 85.4 Å². The molecule has 0 aliphatic rings. The molecule has 4 heterocycles. The molecular formula is C14H12N6OS2. The summed E-state index contributed by atoms with van der Waals surface area (Å²) >= 11 is 3.18. The van der Waals surface area contributed by atoms with Crippen LogP contribution in [0.2, 0.25) is 0 Å². The summed E-state index contributed by atoms with van der Waals surface area (Å²) in [7, 11) is 0. The molecule has 0 spiro atoms. The molecule has 0 amide bonds. The molecule has 4 rings (SSSR count). The van der Waals surface area contributed by atoms with Gasteiger partial charge in [-0.3, -0.25) is 5.10 Å². The zero-order valence-corrected chi connectivity index (χ0v) is 13.5. The van der Waals surface area contributed by atoms with Gasteiger partial charge in [0.05, 0.1) is 23.4 Å². The largest absolute Gasteiger partial charge is 0.467 e. The summed E-state index contributed by atoms with van der Waals surface area (Å²) in [6.45, 7) is 0.610. The number of thiophene rings is 1. The van der Waals surface area contributed by atoms with Crippen molar-refractivity contribution in [3.05, 3.63) is 53.8 Å². The number of aromatic nitrogens is 6. The summed E-state index contributed by atoms with van der Waals surface area (Å²) in [5, 5.41) is 18.2. The smallest absolute Gasteiger partial charge is 0.191 e. The minimum absolute atomic E-state index is 0.610. The maximum atomic E-state index is 5.36. The number of hydrogen-bond donors (Lipinski definition) is 1. The summed E-state index contributed by atoms with van der Waals surface area (Å²) in [6.07, 6.45) is 3.36. The summed E-state index contributed by atoms with van der Waals surface area (Å²) in [5.41, 5.74) is 0. The van der Waals surface area contributed by atoms with E-state index in [2.05, 4.69) is 25.4 Å². The second-order valence-corrected chi connectivity index (χ2v) is 6.58. The molecule has 116 valence electrons. The first-order chi connectivity index (χ1) is 11.4. The van der Waals surface area contributed by atoms with Gasteiger partial charge >= 0.3 is 0 Å². The van der Waals surface area contributed by atoms with E-state index < -0.39 is 0 Å². The Morgan fingerprint density at radius 3 is 3.13 bits per heavy atom. The van der Waals surface area contributed by atoms with Crippen molar-refractivity contribution in [3.63, 3.8) is 0 Å². The highest BCUT2D eigenvalue weighted by Crippen LogP contribution is 2.23. The number of aromatic amines is 1. The molecule has 9 heteroatoms. The first kappa shape index (κ1) is 14.2. The number of rotatable bonds is 6. The Balaban J connectivity index is 1.43. The Hall–Kier alpha value is -2.39. The molecule has 0 atom stereocenters. The fourth-order valence-electron chi connectivity index (χ4n) is 2.04. The number of furan rings is 1.